The van der Waals surface area contributed by atoms with Gasteiger partial charge in [0.2, 0.25) is 5.91 Å². The zero-order valence-corrected chi connectivity index (χ0v) is 19.0. The Balaban J connectivity index is 1.26. The highest BCUT2D eigenvalue weighted by Gasteiger charge is 2.41. The molecule has 170 valence electrons. The van der Waals surface area contributed by atoms with Gasteiger partial charge in [0.1, 0.15) is 0 Å². The number of carbonyl (C=O) groups excluding carboxylic acids is 1. The van der Waals surface area contributed by atoms with Crippen molar-refractivity contribution in [2.75, 3.05) is 52.5 Å². The summed E-state index contributed by atoms with van der Waals surface area (Å²) in [5, 5.41) is 0. The van der Waals surface area contributed by atoms with Gasteiger partial charge in [-0.3, -0.25) is 9.69 Å². The third-order valence-corrected chi connectivity index (χ3v) is 7.67. The number of amides is 1. The number of rotatable bonds is 7. The molecule has 0 aromatic heterocycles. The van der Waals surface area contributed by atoms with E-state index in [0.717, 1.165) is 65.3 Å². The number of hydrogen-bond donors (Lipinski definition) is 0. The largest absolute Gasteiger partial charge is 0.379 e. The molecule has 3 aliphatic heterocycles. The number of nitrogens with zero attached hydrogens (tertiary/aromatic N) is 3. The van der Waals surface area contributed by atoms with E-state index in [9.17, 15) is 4.79 Å². The minimum Gasteiger partial charge on any atom is -0.379 e. The Bertz CT molecular complexity index is 878. The van der Waals surface area contributed by atoms with E-state index in [1.165, 1.54) is 11.1 Å². The van der Waals surface area contributed by atoms with E-state index in [1.54, 1.807) is 0 Å². The van der Waals surface area contributed by atoms with Gasteiger partial charge in [-0.15, -0.1) is 0 Å². The Morgan fingerprint density at radius 3 is 2.34 bits per heavy atom. The van der Waals surface area contributed by atoms with Gasteiger partial charge in [0.05, 0.1) is 13.2 Å². The number of hydrogen-bond acceptors (Lipinski definition) is 4. The lowest BCUT2D eigenvalue weighted by atomic mass is 9.71. The standard InChI is InChI=1S/C27H35N3O2/c31-26-11-12-27(24-9-5-2-6-10-24,22-30(26)19-23-7-3-1-4-8-23)13-14-28-20-25(21-28)29-15-17-32-18-16-29/h1-10,25H,11-22H2. The molecule has 3 aliphatic rings. The first-order valence-electron chi connectivity index (χ1n) is 12.1. The molecule has 2 aromatic carbocycles. The smallest absolute Gasteiger partial charge is 0.222 e. The van der Waals surface area contributed by atoms with Gasteiger partial charge < -0.3 is 14.5 Å². The van der Waals surface area contributed by atoms with Gasteiger partial charge in [-0.1, -0.05) is 60.7 Å². The Hall–Kier alpha value is -2.21. The minimum atomic E-state index is 0.0357. The first kappa shape index (κ1) is 21.6. The Morgan fingerprint density at radius 1 is 0.938 bits per heavy atom. The van der Waals surface area contributed by atoms with Crippen molar-refractivity contribution >= 4 is 5.91 Å². The van der Waals surface area contributed by atoms with Crippen LogP contribution in [0.25, 0.3) is 0 Å². The van der Waals surface area contributed by atoms with Crippen LogP contribution in [0.2, 0.25) is 0 Å². The third kappa shape index (κ3) is 4.75. The normalized spacial score (nSPS) is 25.6. The maximum Gasteiger partial charge on any atom is 0.222 e. The van der Waals surface area contributed by atoms with Gasteiger partial charge in [-0.05, 0) is 30.5 Å². The van der Waals surface area contributed by atoms with Crippen LogP contribution >= 0.6 is 0 Å². The van der Waals surface area contributed by atoms with E-state index >= 15 is 0 Å². The molecular formula is C27H35N3O2. The minimum absolute atomic E-state index is 0.0357. The molecule has 5 nitrogen and oxygen atoms in total. The Kier molecular flexibility index (Phi) is 6.58. The molecule has 3 fully saturated rings. The second kappa shape index (κ2) is 9.74. The molecule has 5 heteroatoms. The predicted octanol–water partition coefficient (Wildman–Crippen LogP) is 3.15. The van der Waals surface area contributed by atoms with Gasteiger partial charge in [-0.25, -0.2) is 0 Å². The van der Waals surface area contributed by atoms with Gasteiger partial charge in [-0.2, -0.15) is 0 Å². The van der Waals surface area contributed by atoms with E-state index in [0.29, 0.717) is 19.0 Å². The highest BCUT2D eigenvalue weighted by atomic mass is 16.5. The van der Waals surface area contributed by atoms with Crippen LogP contribution in [0.15, 0.2) is 60.7 Å². The lowest BCUT2D eigenvalue weighted by Gasteiger charge is -2.49. The fraction of sp³-hybridized carbons (Fsp3) is 0.519. The van der Waals surface area contributed by atoms with Crippen LogP contribution in [-0.2, 0) is 21.5 Å². The molecule has 5 rings (SSSR count). The topological polar surface area (TPSA) is 36.0 Å². The number of benzene rings is 2. The maximum absolute atomic E-state index is 12.8. The third-order valence-electron chi connectivity index (χ3n) is 7.67. The van der Waals surface area contributed by atoms with Crippen molar-refractivity contribution < 1.29 is 9.53 Å². The van der Waals surface area contributed by atoms with Crippen molar-refractivity contribution in [2.45, 2.75) is 37.3 Å². The van der Waals surface area contributed by atoms with Crippen LogP contribution in [0.4, 0.5) is 0 Å². The molecule has 0 saturated carbocycles. The molecular weight excluding hydrogens is 398 g/mol. The highest BCUT2D eigenvalue weighted by molar-refractivity contribution is 5.77. The summed E-state index contributed by atoms with van der Waals surface area (Å²) in [5.41, 5.74) is 2.63. The summed E-state index contributed by atoms with van der Waals surface area (Å²) in [6.45, 7) is 8.84. The first-order chi connectivity index (χ1) is 15.7. The SMILES string of the molecule is O=C1CCC(CCN2CC(N3CCOCC3)C2)(c2ccccc2)CN1Cc1ccccc1. The van der Waals surface area contributed by atoms with Crippen LogP contribution in [0.1, 0.15) is 30.4 Å². The fourth-order valence-corrected chi connectivity index (χ4v) is 5.63. The molecule has 1 amide bonds. The summed E-state index contributed by atoms with van der Waals surface area (Å²) < 4.78 is 5.51. The average Bonchev–Trinajstić information content (AvgIpc) is 2.82. The van der Waals surface area contributed by atoms with E-state index in [2.05, 4.69) is 69.3 Å². The van der Waals surface area contributed by atoms with E-state index < -0.39 is 0 Å². The van der Waals surface area contributed by atoms with Crippen LogP contribution in [-0.4, -0.2) is 79.1 Å². The zero-order valence-electron chi connectivity index (χ0n) is 19.0. The van der Waals surface area contributed by atoms with E-state index in [-0.39, 0.29) is 11.3 Å². The van der Waals surface area contributed by atoms with Gasteiger partial charge >= 0.3 is 0 Å². The fourth-order valence-electron chi connectivity index (χ4n) is 5.63. The van der Waals surface area contributed by atoms with E-state index in [4.69, 9.17) is 4.74 Å². The lowest BCUT2D eigenvalue weighted by Crippen LogP contribution is -2.62. The van der Waals surface area contributed by atoms with Gasteiger partial charge in [0, 0.05) is 57.1 Å². The monoisotopic (exact) mass is 433 g/mol. The second-order valence-corrected chi connectivity index (χ2v) is 9.69. The van der Waals surface area contributed by atoms with Crippen molar-refractivity contribution in [1.82, 2.24) is 14.7 Å². The highest BCUT2D eigenvalue weighted by Crippen LogP contribution is 2.39. The maximum atomic E-state index is 12.8. The van der Waals surface area contributed by atoms with Crippen LogP contribution in [0, 0.1) is 0 Å². The lowest BCUT2D eigenvalue weighted by molar-refractivity contribution is -0.136. The van der Waals surface area contributed by atoms with Gasteiger partial charge in [0.25, 0.3) is 0 Å². The average molecular weight is 434 g/mol. The van der Waals surface area contributed by atoms with Crippen molar-refractivity contribution in [3.8, 4) is 0 Å². The number of carbonyl (C=O) groups is 1. The molecule has 1 atom stereocenters. The molecule has 0 bridgehead atoms. The summed E-state index contributed by atoms with van der Waals surface area (Å²) >= 11 is 0. The molecule has 32 heavy (non-hydrogen) atoms. The first-order valence-corrected chi connectivity index (χ1v) is 12.1. The van der Waals surface area contributed by atoms with Gasteiger partial charge in [0.15, 0.2) is 0 Å². The molecule has 1 unspecified atom stereocenters. The number of ether oxygens (including phenoxy) is 1. The number of likely N-dealkylation sites (tertiary alicyclic amines) is 2. The number of morpholine rings is 1. The summed E-state index contributed by atoms with van der Waals surface area (Å²) in [7, 11) is 0. The molecule has 0 spiro atoms. The Morgan fingerprint density at radius 2 is 1.62 bits per heavy atom. The summed E-state index contributed by atoms with van der Waals surface area (Å²) in [6.07, 6.45) is 2.69. The molecule has 0 radical (unpaired) electrons. The summed E-state index contributed by atoms with van der Waals surface area (Å²) in [6, 6.07) is 22.0. The summed E-state index contributed by atoms with van der Waals surface area (Å²) in [4.78, 5) is 20.1. The van der Waals surface area contributed by atoms with Crippen LogP contribution in [0.3, 0.4) is 0 Å². The second-order valence-electron chi connectivity index (χ2n) is 9.69. The molecule has 0 aliphatic carbocycles. The quantitative estimate of drug-likeness (QED) is 0.672. The molecule has 3 saturated heterocycles. The van der Waals surface area contributed by atoms with Crippen molar-refractivity contribution in [3.05, 3.63) is 71.8 Å². The number of piperidine rings is 1. The molecule has 0 N–H and O–H groups in total. The summed E-state index contributed by atoms with van der Waals surface area (Å²) in [5.74, 6) is 0.289. The van der Waals surface area contributed by atoms with Crippen LogP contribution in [0.5, 0.6) is 0 Å². The van der Waals surface area contributed by atoms with Crippen LogP contribution < -0.4 is 0 Å². The zero-order chi connectivity index (χ0) is 21.8. The molecule has 3 heterocycles. The van der Waals surface area contributed by atoms with Crippen molar-refractivity contribution in [1.29, 1.82) is 0 Å². The Labute approximate surface area is 191 Å². The predicted molar refractivity (Wildman–Crippen MR) is 126 cm³/mol. The van der Waals surface area contributed by atoms with E-state index in [1.807, 2.05) is 6.07 Å². The van der Waals surface area contributed by atoms with Crippen molar-refractivity contribution in [2.24, 2.45) is 0 Å². The van der Waals surface area contributed by atoms with Crippen molar-refractivity contribution in [3.63, 3.8) is 0 Å². The molecule has 2 aromatic rings.